The van der Waals surface area contributed by atoms with Gasteiger partial charge in [-0.2, -0.15) is 0 Å². The molecule has 1 aromatic carbocycles. The summed E-state index contributed by atoms with van der Waals surface area (Å²) < 4.78 is 22.7. The molecule has 0 saturated heterocycles. The second kappa shape index (κ2) is 5.02. The number of terminal acetylenes is 1. The highest BCUT2D eigenvalue weighted by Gasteiger charge is 2.13. The fourth-order valence-corrected chi connectivity index (χ4v) is 1.95. The van der Waals surface area contributed by atoms with Crippen LogP contribution in [0.3, 0.4) is 0 Å². The van der Waals surface area contributed by atoms with Crippen molar-refractivity contribution in [1.82, 2.24) is 5.32 Å². The van der Waals surface area contributed by atoms with Gasteiger partial charge in [0, 0.05) is 11.8 Å². The largest absolute Gasteiger partial charge is 0.341 e. The number of hydrogen-bond donors (Lipinski definition) is 1. The third-order valence-electron chi connectivity index (χ3n) is 2.23. The summed E-state index contributed by atoms with van der Waals surface area (Å²) in [6.45, 7) is 1.85. The van der Waals surface area contributed by atoms with Crippen molar-refractivity contribution in [2.45, 2.75) is 11.8 Å². The van der Waals surface area contributed by atoms with E-state index in [0.717, 1.165) is 6.26 Å². The molecule has 0 atom stereocenters. The molecule has 90 valence electrons. The highest BCUT2D eigenvalue weighted by molar-refractivity contribution is 7.90. The molecule has 17 heavy (non-hydrogen) atoms. The molecule has 1 N–H and O–H groups in total. The van der Waals surface area contributed by atoms with Crippen LogP contribution >= 0.6 is 0 Å². The molecule has 4 nitrogen and oxygen atoms in total. The maximum absolute atomic E-state index is 11.7. The van der Waals surface area contributed by atoms with Crippen LogP contribution in [0, 0.1) is 19.3 Å². The summed E-state index contributed by atoms with van der Waals surface area (Å²) in [5.74, 6) is 1.91. The monoisotopic (exact) mass is 251 g/mol. The number of carbonyl (C=O) groups excluding carboxylic acids is 1. The van der Waals surface area contributed by atoms with E-state index in [0.29, 0.717) is 11.1 Å². The lowest BCUT2D eigenvalue weighted by atomic mass is 10.1. The van der Waals surface area contributed by atoms with Crippen LogP contribution in [0.1, 0.15) is 15.9 Å². The predicted octanol–water partition coefficient (Wildman–Crippen LogP) is 0.762. The molecule has 0 heterocycles. The first-order valence-electron chi connectivity index (χ1n) is 4.88. The Bertz CT molecular complexity index is 582. The van der Waals surface area contributed by atoms with Gasteiger partial charge >= 0.3 is 0 Å². The third-order valence-corrected chi connectivity index (χ3v) is 3.34. The van der Waals surface area contributed by atoms with E-state index in [4.69, 9.17) is 6.42 Å². The first-order valence-corrected chi connectivity index (χ1v) is 6.78. The van der Waals surface area contributed by atoms with E-state index in [2.05, 4.69) is 11.2 Å². The van der Waals surface area contributed by atoms with Crippen LogP contribution in [-0.2, 0) is 9.84 Å². The Kier molecular flexibility index (Phi) is 3.92. The minimum atomic E-state index is -3.32. The van der Waals surface area contributed by atoms with Crippen LogP contribution in [0.15, 0.2) is 23.1 Å². The fraction of sp³-hybridized carbons (Fsp3) is 0.250. The van der Waals surface area contributed by atoms with Crippen molar-refractivity contribution >= 4 is 15.7 Å². The van der Waals surface area contributed by atoms with Gasteiger partial charge in [-0.1, -0.05) is 12.0 Å². The molecule has 0 spiro atoms. The van der Waals surface area contributed by atoms with Crippen LogP contribution in [-0.4, -0.2) is 27.1 Å². The summed E-state index contributed by atoms with van der Waals surface area (Å²) in [5.41, 5.74) is 1.02. The summed E-state index contributed by atoms with van der Waals surface area (Å²) in [7, 11) is -3.32. The van der Waals surface area contributed by atoms with Crippen molar-refractivity contribution in [1.29, 1.82) is 0 Å². The number of benzene rings is 1. The number of aryl methyl sites for hydroxylation is 1. The van der Waals surface area contributed by atoms with E-state index in [9.17, 15) is 13.2 Å². The Morgan fingerprint density at radius 3 is 2.65 bits per heavy atom. The molecule has 0 saturated carbocycles. The zero-order chi connectivity index (χ0) is 13.1. The molecule has 0 aliphatic rings. The van der Waals surface area contributed by atoms with Gasteiger partial charge in [-0.15, -0.1) is 6.42 Å². The maximum Gasteiger partial charge on any atom is 0.252 e. The zero-order valence-corrected chi connectivity index (χ0v) is 10.5. The first-order chi connectivity index (χ1) is 7.86. The smallest absolute Gasteiger partial charge is 0.252 e. The minimum absolute atomic E-state index is 0.112. The summed E-state index contributed by atoms with van der Waals surface area (Å²) in [4.78, 5) is 11.8. The van der Waals surface area contributed by atoms with Gasteiger partial charge < -0.3 is 5.32 Å². The second-order valence-corrected chi connectivity index (χ2v) is 5.65. The normalized spacial score (nSPS) is 10.6. The van der Waals surface area contributed by atoms with Crippen LogP contribution < -0.4 is 5.32 Å². The molecular formula is C12H13NO3S. The molecule has 0 unspecified atom stereocenters. The van der Waals surface area contributed by atoms with Gasteiger partial charge in [0.15, 0.2) is 9.84 Å². The van der Waals surface area contributed by atoms with Gasteiger partial charge in [0.05, 0.1) is 11.4 Å². The number of hydrogen-bond acceptors (Lipinski definition) is 3. The third kappa shape index (κ3) is 3.33. The lowest BCUT2D eigenvalue weighted by Crippen LogP contribution is -2.24. The average Bonchev–Trinajstić information content (AvgIpc) is 2.24. The van der Waals surface area contributed by atoms with Gasteiger partial charge in [0.1, 0.15) is 0 Å². The van der Waals surface area contributed by atoms with Crippen LogP contribution in [0.25, 0.3) is 0 Å². The number of amides is 1. The fourth-order valence-electron chi connectivity index (χ4n) is 1.30. The Balaban J connectivity index is 3.16. The average molecular weight is 251 g/mol. The van der Waals surface area contributed by atoms with Gasteiger partial charge in [-0.05, 0) is 24.6 Å². The highest BCUT2D eigenvalue weighted by Crippen LogP contribution is 2.15. The van der Waals surface area contributed by atoms with E-state index < -0.39 is 9.84 Å². The Labute approximate surface area is 101 Å². The van der Waals surface area contributed by atoms with Crippen molar-refractivity contribution in [3.8, 4) is 12.3 Å². The highest BCUT2D eigenvalue weighted by atomic mass is 32.2. The molecular weight excluding hydrogens is 238 g/mol. The molecule has 0 radical (unpaired) electrons. The van der Waals surface area contributed by atoms with Crippen molar-refractivity contribution in [2.75, 3.05) is 12.8 Å². The van der Waals surface area contributed by atoms with Gasteiger partial charge in [0.25, 0.3) is 5.91 Å². The van der Waals surface area contributed by atoms with Crippen LogP contribution in [0.5, 0.6) is 0 Å². The molecule has 1 aromatic rings. The molecule has 0 aliphatic carbocycles. The summed E-state index contributed by atoms with van der Waals surface area (Å²) in [6, 6.07) is 4.43. The molecule has 0 fully saturated rings. The summed E-state index contributed by atoms with van der Waals surface area (Å²) in [6.07, 6.45) is 6.13. The molecule has 1 amide bonds. The number of sulfone groups is 1. The molecule has 0 aliphatic heterocycles. The number of carbonyl (C=O) groups is 1. The van der Waals surface area contributed by atoms with Crippen molar-refractivity contribution in [3.05, 3.63) is 29.3 Å². The minimum Gasteiger partial charge on any atom is -0.341 e. The summed E-state index contributed by atoms with van der Waals surface area (Å²) in [5, 5.41) is 2.50. The Morgan fingerprint density at radius 2 is 2.12 bits per heavy atom. The number of nitrogens with one attached hydrogen (secondary N) is 1. The SMILES string of the molecule is C#CCNC(=O)c1cc(S(C)(=O)=O)ccc1C. The zero-order valence-electron chi connectivity index (χ0n) is 9.65. The van der Waals surface area contributed by atoms with E-state index >= 15 is 0 Å². The molecule has 5 heteroatoms. The van der Waals surface area contributed by atoms with Crippen molar-refractivity contribution < 1.29 is 13.2 Å². The molecule has 0 bridgehead atoms. The van der Waals surface area contributed by atoms with Gasteiger partial charge in [0.2, 0.25) is 0 Å². The van der Waals surface area contributed by atoms with Gasteiger partial charge in [-0.3, -0.25) is 4.79 Å². The van der Waals surface area contributed by atoms with E-state index in [1.54, 1.807) is 13.0 Å². The lowest BCUT2D eigenvalue weighted by molar-refractivity contribution is 0.0958. The Hall–Kier alpha value is -1.80. The lowest BCUT2D eigenvalue weighted by Gasteiger charge is -2.07. The van der Waals surface area contributed by atoms with E-state index in [1.807, 2.05) is 0 Å². The molecule has 1 rings (SSSR count). The molecule has 0 aromatic heterocycles. The van der Waals surface area contributed by atoms with Gasteiger partial charge in [-0.25, -0.2) is 8.42 Å². The quantitative estimate of drug-likeness (QED) is 0.807. The van der Waals surface area contributed by atoms with E-state index in [1.165, 1.54) is 12.1 Å². The topological polar surface area (TPSA) is 63.2 Å². The first kappa shape index (κ1) is 13.3. The summed E-state index contributed by atoms with van der Waals surface area (Å²) >= 11 is 0. The Morgan fingerprint density at radius 1 is 1.47 bits per heavy atom. The van der Waals surface area contributed by atoms with Crippen molar-refractivity contribution in [3.63, 3.8) is 0 Å². The second-order valence-electron chi connectivity index (χ2n) is 3.64. The van der Waals surface area contributed by atoms with Crippen molar-refractivity contribution in [2.24, 2.45) is 0 Å². The van der Waals surface area contributed by atoms with E-state index in [-0.39, 0.29) is 17.3 Å². The van der Waals surface area contributed by atoms with Crippen LogP contribution in [0.4, 0.5) is 0 Å². The van der Waals surface area contributed by atoms with Crippen LogP contribution in [0.2, 0.25) is 0 Å². The predicted molar refractivity (Wildman–Crippen MR) is 65.5 cm³/mol. The number of rotatable bonds is 3. The maximum atomic E-state index is 11.7. The standard InChI is InChI=1S/C12H13NO3S/c1-4-7-13-12(14)11-8-10(17(3,15)16)6-5-9(11)2/h1,5-6,8H,7H2,2-3H3,(H,13,14).